The Morgan fingerprint density at radius 1 is 1.32 bits per heavy atom. The smallest absolute Gasteiger partial charge is 0.271 e. The third-order valence-corrected chi connectivity index (χ3v) is 4.21. The predicted octanol–water partition coefficient (Wildman–Crippen LogP) is 2.21. The highest BCUT2D eigenvalue weighted by Gasteiger charge is 2.21. The molecule has 0 aliphatic carbocycles. The summed E-state index contributed by atoms with van der Waals surface area (Å²) in [5, 5.41) is 3.02. The Morgan fingerprint density at radius 3 is 2.82 bits per heavy atom. The third-order valence-electron chi connectivity index (χ3n) is 4.21. The molecule has 0 bridgehead atoms. The van der Waals surface area contributed by atoms with Crippen molar-refractivity contribution in [3.05, 3.63) is 53.6 Å². The number of hydrogen-bond donors (Lipinski definition) is 1. The van der Waals surface area contributed by atoms with Gasteiger partial charge < -0.3 is 9.88 Å². The van der Waals surface area contributed by atoms with Crippen LogP contribution in [0.25, 0.3) is 0 Å². The Balaban J connectivity index is 1.70. The van der Waals surface area contributed by atoms with Gasteiger partial charge in [0.2, 0.25) is 0 Å². The van der Waals surface area contributed by atoms with E-state index in [1.165, 1.54) is 0 Å². The number of nitrogens with one attached hydrogen (secondary N) is 1. The zero-order valence-electron chi connectivity index (χ0n) is 13.1. The molecular weight excluding hydrogens is 276 g/mol. The fraction of sp³-hybridized carbons (Fsp3) is 0.412. The van der Waals surface area contributed by atoms with Gasteiger partial charge in [-0.15, -0.1) is 0 Å². The maximum Gasteiger partial charge on any atom is 0.271 e. The summed E-state index contributed by atoms with van der Waals surface area (Å²) in [4.78, 5) is 19.2. The van der Waals surface area contributed by atoms with E-state index < -0.39 is 0 Å². The van der Waals surface area contributed by atoms with E-state index in [-0.39, 0.29) is 11.9 Å². The Labute approximate surface area is 131 Å². The first-order valence-electron chi connectivity index (χ1n) is 7.81. The summed E-state index contributed by atoms with van der Waals surface area (Å²) in [5.74, 6) is 0.868. The highest BCUT2D eigenvalue weighted by atomic mass is 16.2. The highest BCUT2D eigenvalue weighted by Crippen LogP contribution is 2.15. The summed E-state index contributed by atoms with van der Waals surface area (Å²) in [7, 11) is 0. The minimum atomic E-state index is -0.110. The quantitative estimate of drug-likeness (QED) is 0.941. The molecule has 1 aromatic carbocycles. The molecule has 2 aromatic rings. The van der Waals surface area contributed by atoms with E-state index in [1.54, 1.807) is 0 Å². The summed E-state index contributed by atoms with van der Waals surface area (Å²) in [5.41, 5.74) is 1.60. The fourth-order valence-corrected chi connectivity index (χ4v) is 2.78. The van der Waals surface area contributed by atoms with Crippen molar-refractivity contribution in [2.45, 2.75) is 33.0 Å². The standard InChI is InChI=1S/C17H22N4O/c1-3-20-9-10-21-11-15(19-16(21)12-20)17(22)18-13(2)14-7-5-4-6-8-14/h4-8,11,13H,3,9-10,12H2,1-2H3,(H,18,22). The number of nitrogens with zero attached hydrogens (tertiary/aromatic N) is 3. The van der Waals surface area contributed by atoms with E-state index >= 15 is 0 Å². The van der Waals surface area contributed by atoms with E-state index in [1.807, 2.05) is 43.5 Å². The summed E-state index contributed by atoms with van der Waals surface area (Å²) in [6, 6.07) is 9.93. The van der Waals surface area contributed by atoms with Crippen LogP contribution in [0, 0.1) is 0 Å². The van der Waals surface area contributed by atoms with Gasteiger partial charge in [0.05, 0.1) is 12.6 Å². The van der Waals surface area contributed by atoms with Crippen molar-refractivity contribution in [2.24, 2.45) is 0 Å². The Morgan fingerprint density at radius 2 is 2.09 bits per heavy atom. The van der Waals surface area contributed by atoms with E-state index in [9.17, 15) is 4.79 Å². The molecule has 5 nitrogen and oxygen atoms in total. The molecule has 22 heavy (non-hydrogen) atoms. The molecule has 1 atom stereocenters. The number of benzene rings is 1. The maximum atomic E-state index is 12.4. The molecule has 1 aromatic heterocycles. The van der Waals surface area contributed by atoms with Crippen molar-refractivity contribution in [1.29, 1.82) is 0 Å². The van der Waals surface area contributed by atoms with Crippen LogP contribution in [0.15, 0.2) is 36.5 Å². The number of likely N-dealkylation sites (N-methyl/N-ethyl adjacent to an activating group) is 1. The SMILES string of the molecule is CCN1CCn2cc(C(=O)NC(C)c3ccccc3)nc2C1. The molecule has 0 spiro atoms. The van der Waals surface area contributed by atoms with Gasteiger partial charge in [-0.1, -0.05) is 37.3 Å². The second kappa shape index (κ2) is 6.32. The van der Waals surface area contributed by atoms with Gasteiger partial charge in [0, 0.05) is 19.3 Å². The largest absolute Gasteiger partial charge is 0.344 e. The van der Waals surface area contributed by atoms with Gasteiger partial charge in [0.15, 0.2) is 0 Å². The van der Waals surface area contributed by atoms with Crippen molar-refractivity contribution in [3.8, 4) is 0 Å². The summed E-state index contributed by atoms with van der Waals surface area (Å²) in [6.45, 7) is 7.88. The van der Waals surface area contributed by atoms with Gasteiger partial charge in [0.1, 0.15) is 11.5 Å². The lowest BCUT2D eigenvalue weighted by Gasteiger charge is -2.25. The lowest BCUT2D eigenvalue weighted by Crippen LogP contribution is -2.33. The lowest BCUT2D eigenvalue weighted by molar-refractivity contribution is 0.0935. The van der Waals surface area contributed by atoms with Crippen LogP contribution in [0.4, 0.5) is 0 Å². The van der Waals surface area contributed by atoms with Crippen LogP contribution in [0.5, 0.6) is 0 Å². The van der Waals surface area contributed by atoms with Crippen LogP contribution in [0.1, 0.15) is 41.8 Å². The van der Waals surface area contributed by atoms with E-state index in [0.717, 1.165) is 37.6 Å². The minimum Gasteiger partial charge on any atom is -0.344 e. The van der Waals surface area contributed by atoms with E-state index in [2.05, 4.69) is 26.7 Å². The van der Waals surface area contributed by atoms with Gasteiger partial charge >= 0.3 is 0 Å². The lowest BCUT2D eigenvalue weighted by atomic mass is 10.1. The molecular formula is C17H22N4O. The Kier molecular flexibility index (Phi) is 4.24. The van der Waals surface area contributed by atoms with Crippen molar-refractivity contribution < 1.29 is 4.79 Å². The van der Waals surface area contributed by atoms with E-state index in [4.69, 9.17) is 0 Å². The van der Waals surface area contributed by atoms with Crippen LogP contribution in [0.3, 0.4) is 0 Å². The number of rotatable bonds is 4. The average Bonchev–Trinajstić information content (AvgIpc) is 2.98. The molecule has 1 N–H and O–H groups in total. The number of hydrogen-bond acceptors (Lipinski definition) is 3. The monoisotopic (exact) mass is 298 g/mol. The first-order chi connectivity index (χ1) is 10.7. The van der Waals surface area contributed by atoms with Crippen LogP contribution in [-0.4, -0.2) is 33.4 Å². The van der Waals surface area contributed by atoms with Crippen molar-refractivity contribution in [1.82, 2.24) is 19.8 Å². The number of fused-ring (bicyclic) bond motifs is 1. The number of amides is 1. The number of imidazole rings is 1. The highest BCUT2D eigenvalue weighted by molar-refractivity contribution is 5.92. The molecule has 0 saturated carbocycles. The molecule has 3 rings (SSSR count). The topological polar surface area (TPSA) is 50.2 Å². The van der Waals surface area contributed by atoms with Gasteiger partial charge in [0.25, 0.3) is 5.91 Å². The van der Waals surface area contributed by atoms with Crippen molar-refractivity contribution in [2.75, 3.05) is 13.1 Å². The molecule has 1 unspecified atom stereocenters. The van der Waals surface area contributed by atoms with Gasteiger partial charge in [-0.2, -0.15) is 0 Å². The first-order valence-corrected chi connectivity index (χ1v) is 7.81. The molecule has 5 heteroatoms. The van der Waals surface area contributed by atoms with Crippen LogP contribution in [-0.2, 0) is 13.1 Å². The third kappa shape index (κ3) is 3.04. The number of carbonyl (C=O) groups excluding carboxylic acids is 1. The Hall–Kier alpha value is -2.14. The summed E-state index contributed by atoms with van der Waals surface area (Å²) >= 11 is 0. The zero-order valence-corrected chi connectivity index (χ0v) is 13.1. The molecule has 1 amide bonds. The second-order valence-electron chi connectivity index (χ2n) is 5.71. The molecule has 0 radical (unpaired) electrons. The second-order valence-corrected chi connectivity index (χ2v) is 5.71. The predicted molar refractivity (Wildman–Crippen MR) is 85.5 cm³/mol. The van der Waals surface area contributed by atoms with Crippen molar-refractivity contribution >= 4 is 5.91 Å². The number of carbonyl (C=O) groups is 1. The van der Waals surface area contributed by atoms with Gasteiger partial charge in [-0.3, -0.25) is 9.69 Å². The average molecular weight is 298 g/mol. The van der Waals surface area contributed by atoms with Crippen LogP contribution >= 0.6 is 0 Å². The van der Waals surface area contributed by atoms with Gasteiger partial charge in [-0.05, 0) is 19.0 Å². The first kappa shape index (κ1) is 14.8. The van der Waals surface area contributed by atoms with Crippen molar-refractivity contribution in [3.63, 3.8) is 0 Å². The number of aromatic nitrogens is 2. The minimum absolute atomic E-state index is 0.0282. The normalized spacial score (nSPS) is 16.1. The van der Waals surface area contributed by atoms with Crippen LogP contribution < -0.4 is 5.32 Å². The molecule has 0 fully saturated rings. The van der Waals surface area contributed by atoms with Gasteiger partial charge in [-0.25, -0.2) is 4.98 Å². The molecule has 2 heterocycles. The molecule has 1 aliphatic heterocycles. The van der Waals surface area contributed by atoms with E-state index in [0.29, 0.717) is 5.69 Å². The van der Waals surface area contributed by atoms with Crippen LogP contribution in [0.2, 0.25) is 0 Å². The summed E-state index contributed by atoms with van der Waals surface area (Å²) < 4.78 is 2.09. The molecule has 1 aliphatic rings. The fourth-order valence-electron chi connectivity index (χ4n) is 2.78. The maximum absolute atomic E-state index is 12.4. The zero-order chi connectivity index (χ0) is 15.5. The molecule has 116 valence electrons. The Bertz CT molecular complexity index is 650. The molecule has 0 saturated heterocycles. The summed E-state index contributed by atoms with van der Waals surface area (Å²) in [6.07, 6.45) is 1.87.